The summed E-state index contributed by atoms with van der Waals surface area (Å²) in [6, 6.07) is 1.97. The zero-order chi connectivity index (χ0) is 12.7. The summed E-state index contributed by atoms with van der Waals surface area (Å²) in [5.74, 6) is 1.25. The summed E-state index contributed by atoms with van der Waals surface area (Å²) in [7, 11) is 1.98. The van der Waals surface area contributed by atoms with Crippen LogP contribution in [-0.4, -0.2) is 38.8 Å². The molecule has 2 atom stereocenters. The molecule has 5 heteroatoms. The van der Waals surface area contributed by atoms with Crippen LogP contribution in [0.4, 0.5) is 5.82 Å². The fourth-order valence-corrected chi connectivity index (χ4v) is 2.52. The Morgan fingerprint density at radius 3 is 3.00 bits per heavy atom. The van der Waals surface area contributed by atoms with Gasteiger partial charge in [-0.3, -0.25) is 0 Å². The van der Waals surface area contributed by atoms with Crippen LogP contribution >= 0.6 is 0 Å². The first-order chi connectivity index (χ1) is 8.66. The SMILES string of the molecule is CC1CCN(c2nccc3c2ncn3C)CC1O. The molecule has 2 unspecified atom stereocenters. The molecule has 0 aromatic carbocycles. The highest BCUT2D eigenvalue weighted by Crippen LogP contribution is 2.27. The zero-order valence-corrected chi connectivity index (χ0v) is 10.7. The average Bonchev–Trinajstić information content (AvgIpc) is 2.75. The van der Waals surface area contributed by atoms with Crippen molar-refractivity contribution >= 4 is 16.9 Å². The number of hydrogen-bond acceptors (Lipinski definition) is 4. The largest absolute Gasteiger partial charge is 0.391 e. The van der Waals surface area contributed by atoms with Gasteiger partial charge in [-0.25, -0.2) is 9.97 Å². The molecule has 18 heavy (non-hydrogen) atoms. The fourth-order valence-electron chi connectivity index (χ4n) is 2.52. The van der Waals surface area contributed by atoms with Crippen LogP contribution in [0.15, 0.2) is 18.6 Å². The molecule has 0 aliphatic carbocycles. The molecule has 1 aliphatic rings. The summed E-state index contributed by atoms with van der Waals surface area (Å²) in [5, 5.41) is 9.99. The van der Waals surface area contributed by atoms with Crippen LogP contribution in [-0.2, 0) is 7.05 Å². The number of anilines is 1. The summed E-state index contributed by atoms with van der Waals surface area (Å²) in [5.41, 5.74) is 2.00. The topological polar surface area (TPSA) is 54.2 Å². The van der Waals surface area contributed by atoms with Gasteiger partial charge in [0.15, 0.2) is 5.82 Å². The van der Waals surface area contributed by atoms with Crippen molar-refractivity contribution in [2.75, 3.05) is 18.0 Å². The third kappa shape index (κ3) is 1.75. The summed E-state index contributed by atoms with van der Waals surface area (Å²) < 4.78 is 1.99. The van der Waals surface area contributed by atoms with Crippen LogP contribution in [0.3, 0.4) is 0 Å². The van der Waals surface area contributed by atoms with Crippen molar-refractivity contribution < 1.29 is 5.11 Å². The van der Waals surface area contributed by atoms with Gasteiger partial charge in [0.05, 0.1) is 17.9 Å². The van der Waals surface area contributed by atoms with E-state index >= 15 is 0 Å². The first-order valence-electron chi connectivity index (χ1n) is 6.36. The molecule has 1 N–H and O–H groups in total. The molecule has 1 aliphatic heterocycles. The minimum Gasteiger partial charge on any atom is -0.391 e. The number of pyridine rings is 1. The van der Waals surface area contributed by atoms with Crippen molar-refractivity contribution in [1.29, 1.82) is 0 Å². The van der Waals surface area contributed by atoms with Gasteiger partial charge in [-0.1, -0.05) is 6.92 Å². The first-order valence-corrected chi connectivity index (χ1v) is 6.36. The average molecular weight is 246 g/mol. The predicted octanol–water partition coefficient (Wildman–Crippen LogP) is 1.18. The molecule has 2 aromatic rings. The Balaban J connectivity index is 1.99. The Labute approximate surface area is 106 Å². The third-order valence-electron chi connectivity index (χ3n) is 3.84. The Morgan fingerprint density at radius 1 is 1.39 bits per heavy atom. The van der Waals surface area contributed by atoms with Gasteiger partial charge in [0, 0.05) is 26.3 Å². The Kier molecular flexibility index (Phi) is 2.70. The van der Waals surface area contributed by atoms with Gasteiger partial charge < -0.3 is 14.6 Å². The minimum absolute atomic E-state index is 0.278. The number of aryl methyl sites for hydroxylation is 1. The van der Waals surface area contributed by atoms with E-state index in [0.717, 1.165) is 29.8 Å². The maximum atomic E-state index is 9.99. The van der Waals surface area contributed by atoms with Crippen LogP contribution in [0.1, 0.15) is 13.3 Å². The summed E-state index contributed by atoms with van der Waals surface area (Å²) in [6.45, 7) is 3.67. The Bertz CT molecular complexity index is 565. The van der Waals surface area contributed by atoms with Crippen molar-refractivity contribution in [3.63, 3.8) is 0 Å². The Hall–Kier alpha value is -1.62. The molecule has 0 radical (unpaired) electrons. The van der Waals surface area contributed by atoms with E-state index in [0.29, 0.717) is 12.5 Å². The Morgan fingerprint density at radius 2 is 2.22 bits per heavy atom. The molecule has 1 fully saturated rings. The van der Waals surface area contributed by atoms with Gasteiger partial charge in [0.1, 0.15) is 5.52 Å². The summed E-state index contributed by atoms with van der Waals surface area (Å²) in [4.78, 5) is 11.0. The highest BCUT2D eigenvalue weighted by atomic mass is 16.3. The molecule has 5 nitrogen and oxygen atoms in total. The number of β-amino-alcohol motifs (C(OH)–C–C–N with tert-alkyl or cyclic N) is 1. The normalized spacial score (nSPS) is 24.7. The minimum atomic E-state index is -0.278. The van der Waals surface area contributed by atoms with Gasteiger partial charge in [-0.2, -0.15) is 0 Å². The highest BCUT2D eigenvalue weighted by molar-refractivity contribution is 5.86. The monoisotopic (exact) mass is 246 g/mol. The highest BCUT2D eigenvalue weighted by Gasteiger charge is 2.26. The molecule has 3 heterocycles. The molecule has 0 amide bonds. The van der Waals surface area contributed by atoms with E-state index in [1.165, 1.54) is 0 Å². The number of aromatic nitrogens is 3. The molecule has 0 saturated carbocycles. The fraction of sp³-hybridized carbons (Fsp3) is 0.538. The molecule has 2 aromatic heterocycles. The maximum absolute atomic E-state index is 9.99. The van der Waals surface area contributed by atoms with Crippen molar-refractivity contribution in [3.05, 3.63) is 18.6 Å². The second-order valence-electron chi connectivity index (χ2n) is 5.14. The van der Waals surface area contributed by atoms with E-state index < -0.39 is 0 Å². The summed E-state index contributed by atoms with van der Waals surface area (Å²) >= 11 is 0. The quantitative estimate of drug-likeness (QED) is 0.821. The van der Waals surface area contributed by atoms with Crippen LogP contribution in [0.2, 0.25) is 0 Å². The van der Waals surface area contributed by atoms with Gasteiger partial charge in [0.25, 0.3) is 0 Å². The summed E-state index contributed by atoms with van der Waals surface area (Å²) in [6.07, 6.45) is 4.33. The van der Waals surface area contributed by atoms with E-state index in [4.69, 9.17) is 0 Å². The van der Waals surface area contributed by atoms with Crippen LogP contribution < -0.4 is 4.90 Å². The number of nitrogens with zero attached hydrogens (tertiary/aromatic N) is 4. The predicted molar refractivity (Wildman–Crippen MR) is 70.5 cm³/mol. The van der Waals surface area contributed by atoms with Gasteiger partial charge in [0.2, 0.25) is 0 Å². The van der Waals surface area contributed by atoms with Crippen LogP contribution in [0.25, 0.3) is 11.0 Å². The lowest BCUT2D eigenvalue weighted by atomic mass is 9.96. The van der Waals surface area contributed by atoms with E-state index in [1.807, 2.05) is 23.9 Å². The van der Waals surface area contributed by atoms with Crippen molar-refractivity contribution in [2.45, 2.75) is 19.4 Å². The smallest absolute Gasteiger partial charge is 0.156 e. The number of hydrogen-bond donors (Lipinski definition) is 1. The zero-order valence-electron chi connectivity index (χ0n) is 10.7. The third-order valence-corrected chi connectivity index (χ3v) is 3.84. The second kappa shape index (κ2) is 4.24. The molecule has 96 valence electrons. The molecular formula is C13H18N4O. The lowest BCUT2D eigenvalue weighted by Gasteiger charge is -2.35. The first kappa shape index (κ1) is 11.5. The van der Waals surface area contributed by atoms with Crippen LogP contribution in [0, 0.1) is 5.92 Å². The molecule has 3 rings (SSSR count). The van der Waals surface area contributed by atoms with Gasteiger partial charge >= 0.3 is 0 Å². The van der Waals surface area contributed by atoms with E-state index in [9.17, 15) is 5.11 Å². The number of piperidine rings is 1. The van der Waals surface area contributed by atoms with Crippen LogP contribution in [0.5, 0.6) is 0 Å². The number of fused-ring (bicyclic) bond motifs is 1. The van der Waals surface area contributed by atoms with Gasteiger partial charge in [-0.05, 0) is 18.4 Å². The van der Waals surface area contributed by atoms with Gasteiger partial charge in [-0.15, -0.1) is 0 Å². The molecule has 0 bridgehead atoms. The van der Waals surface area contributed by atoms with E-state index in [2.05, 4.69) is 21.8 Å². The lowest BCUT2D eigenvalue weighted by molar-refractivity contribution is 0.103. The van der Waals surface area contributed by atoms with Crippen molar-refractivity contribution in [3.8, 4) is 0 Å². The van der Waals surface area contributed by atoms with Crippen molar-refractivity contribution in [2.24, 2.45) is 13.0 Å². The van der Waals surface area contributed by atoms with E-state index in [-0.39, 0.29) is 6.10 Å². The molecule has 1 saturated heterocycles. The molecular weight excluding hydrogens is 228 g/mol. The van der Waals surface area contributed by atoms with E-state index in [1.54, 1.807) is 6.33 Å². The molecule has 0 spiro atoms. The lowest BCUT2D eigenvalue weighted by Crippen LogP contribution is -2.43. The number of imidazole rings is 1. The number of aliphatic hydroxyl groups excluding tert-OH is 1. The second-order valence-corrected chi connectivity index (χ2v) is 5.14. The number of rotatable bonds is 1. The van der Waals surface area contributed by atoms with Crippen molar-refractivity contribution in [1.82, 2.24) is 14.5 Å². The number of aliphatic hydroxyl groups is 1. The standard InChI is InChI=1S/C13H18N4O/c1-9-4-6-17(7-11(9)18)13-12-10(3-5-14-13)16(2)8-15-12/h3,5,8-9,11,18H,4,6-7H2,1-2H3. The maximum Gasteiger partial charge on any atom is 0.156 e.